The van der Waals surface area contributed by atoms with E-state index in [1.54, 1.807) is 7.05 Å². The van der Waals surface area contributed by atoms with Crippen LogP contribution in [0.25, 0.3) is 0 Å². The normalized spacial score (nSPS) is 10.4. The molecule has 0 radical (unpaired) electrons. The van der Waals surface area contributed by atoms with E-state index in [9.17, 15) is 14.9 Å². The smallest absolute Gasteiger partial charge is 0.270 e. The van der Waals surface area contributed by atoms with Gasteiger partial charge in [-0.25, -0.2) is 0 Å². The lowest BCUT2D eigenvalue weighted by molar-refractivity contribution is -0.384. The Bertz CT molecular complexity index is 764. The van der Waals surface area contributed by atoms with Crippen molar-refractivity contribution in [2.24, 2.45) is 0 Å². The van der Waals surface area contributed by atoms with Crippen molar-refractivity contribution in [3.05, 3.63) is 67.1 Å². The number of aryl methyl sites for hydroxylation is 1. The molecule has 2 rings (SSSR count). The Morgan fingerprint density at radius 3 is 2.50 bits per heavy atom. The summed E-state index contributed by atoms with van der Waals surface area (Å²) in [5.41, 5.74) is 1.73. The Labute approximate surface area is 140 Å². The maximum absolute atomic E-state index is 12.5. The predicted molar refractivity (Wildman–Crippen MR) is 89.7 cm³/mol. The van der Waals surface area contributed by atoms with Gasteiger partial charge in [-0.2, -0.15) is 0 Å². The van der Waals surface area contributed by atoms with E-state index in [2.05, 4.69) is 15.9 Å². The average Bonchev–Trinajstić information content (AvgIpc) is 2.45. The summed E-state index contributed by atoms with van der Waals surface area (Å²) in [5.74, 6) is -0.328. The lowest BCUT2D eigenvalue weighted by atomic mass is 10.1. The lowest BCUT2D eigenvalue weighted by Crippen LogP contribution is -2.27. The molecule has 0 spiro atoms. The van der Waals surface area contributed by atoms with Gasteiger partial charge in [0.15, 0.2) is 0 Å². The highest BCUT2D eigenvalue weighted by molar-refractivity contribution is 9.10. The molecule has 0 aromatic heterocycles. The van der Waals surface area contributed by atoms with E-state index in [1.807, 2.05) is 25.1 Å². The zero-order valence-corrected chi connectivity index (χ0v) is 14.2. The van der Waals surface area contributed by atoms with Gasteiger partial charge in [0.2, 0.25) is 0 Å². The van der Waals surface area contributed by atoms with Crippen molar-refractivity contribution in [3.63, 3.8) is 0 Å². The van der Waals surface area contributed by atoms with Crippen molar-refractivity contribution in [2.45, 2.75) is 6.92 Å². The fourth-order valence-corrected chi connectivity index (χ4v) is 2.81. The van der Waals surface area contributed by atoms with Crippen LogP contribution in [0.2, 0.25) is 5.02 Å². The van der Waals surface area contributed by atoms with Crippen molar-refractivity contribution in [1.82, 2.24) is 0 Å². The van der Waals surface area contributed by atoms with Gasteiger partial charge in [0.1, 0.15) is 0 Å². The third-order valence-electron chi connectivity index (χ3n) is 3.22. The highest BCUT2D eigenvalue weighted by Gasteiger charge is 2.20. The summed E-state index contributed by atoms with van der Waals surface area (Å²) in [7, 11) is 1.64. The molecule has 0 N–H and O–H groups in total. The highest BCUT2D eigenvalue weighted by atomic mass is 79.9. The molecule has 5 nitrogen and oxygen atoms in total. The third kappa shape index (κ3) is 3.28. The summed E-state index contributed by atoms with van der Waals surface area (Å²) < 4.78 is 0.919. The van der Waals surface area contributed by atoms with E-state index in [0.717, 1.165) is 15.7 Å². The molecule has 114 valence electrons. The van der Waals surface area contributed by atoms with Crippen molar-refractivity contribution in [2.75, 3.05) is 11.9 Å². The Morgan fingerprint density at radius 2 is 1.95 bits per heavy atom. The first kappa shape index (κ1) is 16.5. The minimum Gasteiger partial charge on any atom is -0.311 e. The molecular formula is C15H12BrClN2O3. The monoisotopic (exact) mass is 382 g/mol. The van der Waals surface area contributed by atoms with Gasteiger partial charge in [0, 0.05) is 29.3 Å². The molecule has 0 saturated heterocycles. The van der Waals surface area contributed by atoms with E-state index in [1.165, 1.54) is 23.1 Å². The number of halogens is 2. The van der Waals surface area contributed by atoms with Gasteiger partial charge in [0.05, 0.1) is 15.5 Å². The number of rotatable bonds is 3. The first-order valence-electron chi connectivity index (χ1n) is 6.29. The maximum atomic E-state index is 12.5. The molecular weight excluding hydrogens is 372 g/mol. The second kappa shape index (κ2) is 6.46. The van der Waals surface area contributed by atoms with E-state index >= 15 is 0 Å². The average molecular weight is 384 g/mol. The summed E-state index contributed by atoms with van der Waals surface area (Å²) in [6, 6.07) is 9.36. The topological polar surface area (TPSA) is 63.5 Å². The molecule has 0 bridgehead atoms. The number of amides is 1. The van der Waals surface area contributed by atoms with Gasteiger partial charge < -0.3 is 4.90 Å². The summed E-state index contributed by atoms with van der Waals surface area (Å²) in [6.07, 6.45) is 0. The molecule has 0 saturated carbocycles. The quantitative estimate of drug-likeness (QED) is 0.575. The van der Waals surface area contributed by atoms with Crippen LogP contribution in [0.4, 0.5) is 11.4 Å². The molecule has 2 aromatic rings. The minimum atomic E-state index is -0.553. The van der Waals surface area contributed by atoms with Crippen LogP contribution in [0.15, 0.2) is 40.9 Å². The van der Waals surface area contributed by atoms with Crippen molar-refractivity contribution in [3.8, 4) is 0 Å². The molecule has 0 atom stereocenters. The van der Waals surface area contributed by atoms with Crippen LogP contribution in [0.3, 0.4) is 0 Å². The molecule has 0 aliphatic carbocycles. The van der Waals surface area contributed by atoms with E-state index in [4.69, 9.17) is 11.6 Å². The van der Waals surface area contributed by atoms with Crippen LogP contribution in [-0.4, -0.2) is 17.9 Å². The summed E-state index contributed by atoms with van der Waals surface area (Å²) in [5, 5.41) is 10.8. The Hall–Kier alpha value is -1.92. The third-order valence-corrected chi connectivity index (χ3v) is 4.02. The summed E-state index contributed by atoms with van der Waals surface area (Å²) in [6.45, 7) is 1.89. The van der Waals surface area contributed by atoms with Crippen LogP contribution in [-0.2, 0) is 0 Å². The van der Waals surface area contributed by atoms with E-state index in [0.29, 0.717) is 0 Å². The van der Waals surface area contributed by atoms with Crippen molar-refractivity contribution in [1.29, 1.82) is 0 Å². The van der Waals surface area contributed by atoms with Gasteiger partial charge in [-0.3, -0.25) is 14.9 Å². The first-order valence-corrected chi connectivity index (χ1v) is 7.46. The zero-order chi connectivity index (χ0) is 16.4. The Kier molecular flexibility index (Phi) is 4.83. The first-order chi connectivity index (χ1) is 10.3. The van der Waals surface area contributed by atoms with E-state index in [-0.39, 0.29) is 22.2 Å². The minimum absolute atomic E-state index is 0.0563. The molecule has 2 aromatic carbocycles. The predicted octanol–water partition coefficient (Wildman–Crippen LogP) is 4.60. The Balaban J connectivity index is 2.37. The SMILES string of the molecule is Cc1cc(Br)ccc1N(C)C(=O)c1ccc([N+](=O)[O-])cc1Cl. The van der Waals surface area contributed by atoms with Crippen LogP contribution >= 0.6 is 27.5 Å². The number of non-ortho nitro benzene ring substituents is 1. The lowest BCUT2D eigenvalue weighted by Gasteiger charge is -2.20. The number of hydrogen-bond acceptors (Lipinski definition) is 3. The van der Waals surface area contributed by atoms with Gasteiger partial charge >= 0.3 is 0 Å². The van der Waals surface area contributed by atoms with Crippen LogP contribution in [0.5, 0.6) is 0 Å². The molecule has 1 amide bonds. The molecule has 0 heterocycles. The number of nitro groups is 1. The highest BCUT2D eigenvalue weighted by Crippen LogP contribution is 2.27. The van der Waals surface area contributed by atoms with E-state index < -0.39 is 4.92 Å². The number of nitrogens with zero attached hydrogens (tertiary/aromatic N) is 2. The molecule has 0 fully saturated rings. The number of hydrogen-bond donors (Lipinski definition) is 0. The largest absolute Gasteiger partial charge is 0.311 e. The number of carbonyl (C=O) groups is 1. The van der Waals surface area contributed by atoms with Crippen molar-refractivity contribution < 1.29 is 9.72 Å². The van der Waals surface area contributed by atoms with Crippen LogP contribution in [0.1, 0.15) is 15.9 Å². The Morgan fingerprint density at radius 1 is 1.27 bits per heavy atom. The number of carbonyl (C=O) groups excluding carboxylic acids is 1. The summed E-state index contributed by atoms with van der Waals surface area (Å²) >= 11 is 9.38. The maximum Gasteiger partial charge on any atom is 0.270 e. The molecule has 0 unspecified atom stereocenters. The fourth-order valence-electron chi connectivity index (χ4n) is 2.08. The number of nitro benzene ring substituents is 1. The molecule has 0 aliphatic rings. The van der Waals surface area contributed by atoms with Gasteiger partial charge in [0.25, 0.3) is 11.6 Å². The van der Waals surface area contributed by atoms with Gasteiger partial charge in [-0.1, -0.05) is 27.5 Å². The van der Waals surface area contributed by atoms with Crippen LogP contribution < -0.4 is 4.90 Å². The molecule has 7 heteroatoms. The fraction of sp³-hybridized carbons (Fsp3) is 0.133. The van der Waals surface area contributed by atoms with Crippen molar-refractivity contribution >= 4 is 44.8 Å². The zero-order valence-electron chi connectivity index (χ0n) is 11.8. The number of benzene rings is 2. The second-order valence-electron chi connectivity index (χ2n) is 4.72. The molecule has 0 aliphatic heterocycles. The summed E-state index contributed by atoms with van der Waals surface area (Å²) in [4.78, 5) is 24.2. The van der Waals surface area contributed by atoms with Gasteiger partial charge in [-0.15, -0.1) is 0 Å². The van der Waals surface area contributed by atoms with Crippen LogP contribution in [0, 0.1) is 17.0 Å². The molecule has 22 heavy (non-hydrogen) atoms. The standard InChI is InChI=1S/C15H12BrClN2O3/c1-9-7-10(16)3-6-14(9)18(2)15(20)12-5-4-11(19(21)22)8-13(12)17/h3-8H,1-2H3. The van der Waals surface area contributed by atoms with Gasteiger partial charge in [-0.05, 0) is 36.8 Å². The number of anilines is 1. The second-order valence-corrected chi connectivity index (χ2v) is 6.04.